The zero-order valence-corrected chi connectivity index (χ0v) is 13.3. The number of rotatable bonds is 4. The van der Waals surface area contributed by atoms with Crippen molar-refractivity contribution in [3.05, 3.63) is 35.9 Å². The predicted molar refractivity (Wildman–Crippen MR) is 84.6 cm³/mol. The summed E-state index contributed by atoms with van der Waals surface area (Å²) in [5, 5.41) is 10.8. The topological polar surface area (TPSA) is 23.5 Å². The first-order valence-corrected chi connectivity index (χ1v) is 8.03. The third kappa shape index (κ3) is 3.24. The van der Waals surface area contributed by atoms with Gasteiger partial charge in [-0.25, -0.2) is 0 Å². The minimum atomic E-state index is -0.388. The highest BCUT2D eigenvalue weighted by molar-refractivity contribution is 5.19. The summed E-state index contributed by atoms with van der Waals surface area (Å²) in [5.74, 6) is 1.42. The van der Waals surface area contributed by atoms with E-state index in [0.29, 0.717) is 12.0 Å². The van der Waals surface area contributed by atoms with Crippen LogP contribution in [0.15, 0.2) is 30.3 Å². The molecule has 20 heavy (non-hydrogen) atoms. The number of nitrogens with zero attached hydrogens (tertiary/aromatic N) is 1. The van der Waals surface area contributed by atoms with E-state index in [1.54, 1.807) is 0 Å². The van der Waals surface area contributed by atoms with E-state index in [1.165, 1.54) is 6.42 Å². The monoisotopic (exact) mass is 275 g/mol. The van der Waals surface area contributed by atoms with Crippen LogP contribution in [0.2, 0.25) is 0 Å². The summed E-state index contributed by atoms with van der Waals surface area (Å²) in [7, 11) is 0. The van der Waals surface area contributed by atoms with Crippen LogP contribution >= 0.6 is 0 Å². The summed E-state index contributed by atoms with van der Waals surface area (Å²) in [6, 6.07) is 10.9. The lowest BCUT2D eigenvalue weighted by molar-refractivity contribution is -0.0222. The van der Waals surface area contributed by atoms with Gasteiger partial charge in [-0.1, -0.05) is 51.1 Å². The highest BCUT2D eigenvalue weighted by Gasteiger charge is 2.35. The Kier molecular flexibility index (Phi) is 5.22. The van der Waals surface area contributed by atoms with Crippen molar-refractivity contribution in [2.24, 2.45) is 11.8 Å². The molecule has 1 aromatic rings. The summed E-state index contributed by atoms with van der Waals surface area (Å²) >= 11 is 0. The molecule has 2 nitrogen and oxygen atoms in total. The lowest BCUT2D eigenvalue weighted by atomic mass is 9.83. The Bertz CT molecular complexity index is 405. The molecule has 112 valence electrons. The van der Waals surface area contributed by atoms with Crippen LogP contribution in [0.25, 0.3) is 0 Å². The number of hydrogen-bond donors (Lipinski definition) is 1. The van der Waals surface area contributed by atoms with Gasteiger partial charge < -0.3 is 5.11 Å². The third-order valence-electron chi connectivity index (χ3n) is 4.99. The van der Waals surface area contributed by atoms with Crippen LogP contribution in [0.5, 0.6) is 0 Å². The van der Waals surface area contributed by atoms with E-state index in [-0.39, 0.29) is 12.1 Å². The summed E-state index contributed by atoms with van der Waals surface area (Å²) in [4.78, 5) is 2.54. The summed E-state index contributed by atoms with van der Waals surface area (Å²) in [5.41, 5.74) is 1.04. The third-order valence-corrected chi connectivity index (χ3v) is 4.99. The molecule has 0 bridgehead atoms. The fourth-order valence-corrected chi connectivity index (χ4v) is 3.71. The molecule has 0 aliphatic carbocycles. The van der Waals surface area contributed by atoms with Crippen LogP contribution in [0.4, 0.5) is 0 Å². The van der Waals surface area contributed by atoms with Crippen LogP contribution in [0.1, 0.15) is 52.2 Å². The molecule has 0 saturated carbocycles. The number of aliphatic hydroxyl groups excluding tert-OH is 1. The van der Waals surface area contributed by atoms with Crippen molar-refractivity contribution in [3.63, 3.8) is 0 Å². The quantitative estimate of drug-likeness (QED) is 0.902. The van der Waals surface area contributed by atoms with Gasteiger partial charge in [-0.05, 0) is 37.2 Å². The van der Waals surface area contributed by atoms with Gasteiger partial charge in [0.15, 0.2) is 0 Å². The number of likely N-dealkylation sites (tertiary alicyclic amines) is 1. The van der Waals surface area contributed by atoms with Crippen molar-refractivity contribution in [2.45, 2.75) is 58.7 Å². The number of aliphatic hydroxyl groups is 1. The number of piperidine rings is 1. The maximum absolute atomic E-state index is 10.8. The minimum absolute atomic E-state index is 0.220. The fraction of sp³-hybridized carbons (Fsp3) is 0.667. The normalized spacial score (nSPS) is 30.9. The molecular weight excluding hydrogens is 246 g/mol. The molecule has 0 radical (unpaired) electrons. The van der Waals surface area contributed by atoms with E-state index >= 15 is 0 Å². The number of hydrogen-bond acceptors (Lipinski definition) is 2. The highest BCUT2D eigenvalue weighted by atomic mass is 16.3. The van der Waals surface area contributed by atoms with Gasteiger partial charge in [-0.2, -0.15) is 0 Å². The Balaban J connectivity index is 2.18. The van der Waals surface area contributed by atoms with Gasteiger partial charge in [-0.15, -0.1) is 0 Å². The Morgan fingerprint density at radius 3 is 2.45 bits per heavy atom. The van der Waals surface area contributed by atoms with Crippen molar-refractivity contribution in [1.82, 2.24) is 4.90 Å². The lowest BCUT2D eigenvalue weighted by Gasteiger charge is -2.46. The molecule has 0 amide bonds. The molecule has 2 heteroatoms. The molecule has 1 aromatic carbocycles. The molecular formula is C18H29NO. The van der Waals surface area contributed by atoms with Gasteiger partial charge in [0.05, 0.1) is 6.10 Å². The molecule has 5 atom stereocenters. The minimum Gasteiger partial charge on any atom is -0.387 e. The molecule has 1 N–H and O–H groups in total. The fourth-order valence-electron chi connectivity index (χ4n) is 3.71. The van der Waals surface area contributed by atoms with E-state index in [0.717, 1.165) is 24.4 Å². The molecule has 1 aliphatic rings. The SMILES string of the molecule is CCC(C(O)c1ccccc1)N1CC(C)CC(C)C1C. The second-order valence-corrected chi connectivity index (χ2v) is 6.59. The van der Waals surface area contributed by atoms with Crippen LogP contribution in [0, 0.1) is 11.8 Å². The molecule has 1 heterocycles. The van der Waals surface area contributed by atoms with Crippen LogP contribution in [-0.4, -0.2) is 28.6 Å². The Hall–Kier alpha value is -0.860. The van der Waals surface area contributed by atoms with Crippen LogP contribution in [-0.2, 0) is 0 Å². The standard InChI is InChI=1S/C18H29NO/c1-5-17(18(20)16-9-7-6-8-10-16)19-12-13(2)11-14(3)15(19)4/h6-10,13-15,17-18,20H,5,11-12H2,1-4H3. The van der Waals surface area contributed by atoms with Gasteiger partial charge in [0, 0.05) is 18.6 Å². The first-order chi connectivity index (χ1) is 9.54. The van der Waals surface area contributed by atoms with Gasteiger partial charge in [0.1, 0.15) is 0 Å². The first kappa shape index (κ1) is 15.5. The predicted octanol–water partition coefficient (Wildman–Crippen LogP) is 3.87. The molecule has 0 spiro atoms. The maximum atomic E-state index is 10.8. The van der Waals surface area contributed by atoms with E-state index < -0.39 is 0 Å². The molecule has 1 fully saturated rings. The van der Waals surface area contributed by atoms with Crippen molar-refractivity contribution in [3.8, 4) is 0 Å². The molecule has 5 unspecified atom stereocenters. The average molecular weight is 275 g/mol. The Morgan fingerprint density at radius 2 is 1.85 bits per heavy atom. The largest absolute Gasteiger partial charge is 0.387 e. The van der Waals surface area contributed by atoms with Gasteiger partial charge in [0.25, 0.3) is 0 Å². The van der Waals surface area contributed by atoms with Gasteiger partial charge in [0.2, 0.25) is 0 Å². The van der Waals surface area contributed by atoms with Crippen molar-refractivity contribution in [1.29, 1.82) is 0 Å². The van der Waals surface area contributed by atoms with Crippen molar-refractivity contribution >= 4 is 0 Å². The lowest BCUT2D eigenvalue weighted by Crippen LogP contribution is -2.52. The highest BCUT2D eigenvalue weighted by Crippen LogP contribution is 2.33. The summed E-state index contributed by atoms with van der Waals surface area (Å²) in [6.07, 6.45) is 1.90. The van der Waals surface area contributed by atoms with E-state index in [1.807, 2.05) is 30.3 Å². The van der Waals surface area contributed by atoms with E-state index in [9.17, 15) is 5.11 Å². The molecule has 1 saturated heterocycles. The maximum Gasteiger partial charge on any atom is 0.0945 e. The molecule has 0 aromatic heterocycles. The van der Waals surface area contributed by atoms with E-state index in [2.05, 4.69) is 32.6 Å². The van der Waals surface area contributed by atoms with Crippen molar-refractivity contribution in [2.75, 3.05) is 6.54 Å². The number of benzene rings is 1. The summed E-state index contributed by atoms with van der Waals surface area (Å²) in [6.45, 7) is 10.3. The zero-order chi connectivity index (χ0) is 14.7. The van der Waals surface area contributed by atoms with Crippen LogP contribution < -0.4 is 0 Å². The van der Waals surface area contributed by atoms with Gasteiger partial charge in [-0.3, -0.25) is 4.90 Å². The smallest absolute Gasteiger partial charge is 0.0945 e. The Labute approximate surface area is 123 Å². The summed E-state index contributed by atoms with van der Waals surface area (Å²) < 4.78 is 0. The van der Waals surface area contributed by atoms with Gasteiger partial charge >= 0.3 is 0 Å². The second-order valence-electron chi connectivity index (χ2n) is 6.59. The molecule has 2 rings (SSSR count). The van der Waals surface area contributed by atoms with E-state index in [4.69, 9.17) is 0 Å². The second kappa shape index (κ2) is 6.73. The van der Waals surface area contributed by atoms with Crippen LogP contribution in [0.3, 0.4) is 0 Å². The first-order valence-electron chi connectivity index (χ1n) is 8.03. The average Bonchev–Trinajstić information content (AvgIpc) is 2.45. The molecule has 1 aliphatic heterocycles. The van der Waals surface area contributed by atoms with Crippen molar-refractivity contribution < 1.29 is 5.11 Å². The Morgan fingerprint density at radius 1 is 1.20 bits per heavy atom. The zero-order valence-electron chi connectivity index (χ0n) is 13.3.